The highest BCUT2D eigenvalue weighted by molar-refractivity contribution is 5.28. The SMILES string of the molecule is CCOCC(NC)c1ccc(C2CCC2)cc1. The van der Waals surface area contributed by atoms with Crippen molar-refractivity contribution in [3.63, 3.8) is 0 Å². The highest BCUT2D eigenvalue weighted by Crippen LogP contribution is 2.36. The molecule has 2 nitrogen and oxygen atoms in total. The molecule has 1 unspecified atom stereocenters. The minimum Gasteiger partial charge on any atom is -0.380 e. The van der Waals surface area contributed by atoms with Gasteiger partial charge in [-0.3, -0.25) is 0 Å². The fourth-order valence-corrected chi connectivity index (χ4v) is 2.32. The van der Waals surface area contributed by atoms with E-state index in [1.165, 1.54) is 30.4 Å². The van der Waals surface area contributed by atoms with Crippen LogP contribution < -0.4 is 5.32 Å². The molecule has 1 aliphatic carbocycles. The molecule has 1 saturated carbocycles. The van der Waals surface area contributed by atoms with Crippen molar-refractivity contribution in [3.8, 4) is 0 Å². The lowest BCUT2D eigenvalue weighted by Crippen LogP contribution is -2.21. The normalized spacial score (nSPS) is 17.8. The van der Waals surface area contributed by atoms with Gasteiger partial charge in [0.15, 0.2) is 0 Å². The number of benzene rings is 1. The van der Waals surface area contributed by atoms with Crippen molar-refractivity contribution in [1.29, 1.82) is 0 Å². The van der Waals surface area contributed by atoms with Crippen molar-refractivity contribution in [2.75, 3.05) is 20.3 Å². The summed E-state index contributed by atoms with van der Waals surface area (Å²) in [7, 11) is 1.99. The predicted molar refractivity (Wildman–Crippen MR) is 71.3 cm³/mol. The van der Waals surface area contributed by atoms with E-state index in [9.17, 15) is 0 Å². The Balaban J connectivity index is 1.99. The first-order valence-electron chi connectivity index (χ1n) is 6.70. The second-order valence-electron chi connectivity index (χ2n) is 4.80. The number of ether oxygens (including phenoxy) is 1. The molecular formula is C15H23NO. The maximum Gasteiger partial charge on any atom is 0.0661 e. The van der Waals surface area contributed by atoms with Crippen LogP contribution in [0.5, 0.6) is 0 Å². The molecule has 1 aliphatic rings. The van der Waals surface area contributed by atoms with Gasteiger partial charge in [-0.05, 0) is 43.9 Å². The minimum atomic E-state index is 0.311. The molecule has 0 aliphatic heterocycles. The molecule has 2 rings (SSSR count). The van der Waals surface area contributed by atoms with Crippen molar-refractivity contribution in [3.05, 3.63) is 35.4 Å². The van der Waals surface area contributed by atoms with Gasteiger partial charge in [0.05, 0.1) is 12.6 Å². The molecule has 2 heteroatoms. The molecule has 0 amide bonds. The van der Waals surface area contributed by atoms with Crippen LogP contribution in [0.15, 0.2) is 24.3 Å². The van der Waals surface area contributed by atoms with Crippen LogP contribution in [0.3, 0.4) is 0 Å². The van der Waals surface area contributed by atoms with E-state index in [4.69, 9.17) is 4.74 Å². The van der Waals surface area contributed by atoms with Crippen molar-refractivity contribution in [1.82, 2.24) is 5.32 Å². The Morgan fingerprint density at radius 3 is 2.47 bits per heavy atom. The van der Waals surface area contributed by atoms with E-state index in [2.05, 4.69) is 29.6 Å². The zero-order chi connectivity index (χ0) is 12.1. The maximum absolute atomic E-state index is 5.49. The van der Waals surface area contributed by atoms with Crippen LogP contribution in [-0.4, -0.2) is 20.3 Å². The Bertz CT molecular complexity index is 329. The summed E-state index contributed by atoms with van der Waals surface area (Å²) in [6.07, 6.45) is 4.14. The molecule has 0 bridgehead atoms. The Kier molecular flexibility index (Phi) is 4.57. The lowest BCUT2D eigenvalue weighted by atomic mass is 9.80. The fourth-order valence-electron chi connectivity index (χ4n) is 2.32. The van der Waals surface area contributed by atoms with E-state index in [1.54, 1.807) is 0 Å². The topological polar surface area (TPSA) is 21.3 Å². The van der Waals surface area contributed by atoms with E-state index >= 15 is 0 Å². The molecule has 1 atom stereocenters. The van der Waals surface area contributed by atoms with Crippen molar-refractivity contribution < 1.29 is 4.74 Å². The standard InChI is InChI=1S/C15H23NO/c1-3-17-11-15(16-2)14-9-7-13(8-10-14)12-5-4-6-12/h7-10,12,15-16H,3-6,11H2,1-2H3. The van der Waals surface area contributed by atoms with E-state index in [-0.39, 0.29) is 0 Å². The van der Waals surface area contributed by atoms with Crippen LogP contribution in [0.4, 0.5) is 0 Å². The molecule has 0 heterocycles. The van der Waals surface area contributed by atoms with Gasteiger partial charge in [-0.25, -0.2) is 0 Å². The number of hydrogen-bond acceptors (Lipinski definition) is 2. The number of likely N-dealkylation sites (N-methyl/N-ethyl adjacent to an activating group) is 1. The molecule has 0 radical (unpaired) electrons. The van der Waals surface area contributed by atoms with Crippen molar-refractivity contribution in [2.45, 2.75) is 38.1 Å². The molecule has 0 saturated heterocycles. The lowest BCUT2D eigenvalue weighted by Gasteiger charge is -2.26. The molecule has 1 aromatic rings. The predicted octanol–water partition coefficient (Wildman–Crippen LogP) is 3.25. The molecule has 94 valence electrons. The summed E-state index contributed by atoms with van der Waals surface area (Å²) in [5.41, 5.74) is 2.83. The van der Waals surface area contributed by atoms with Crippen molar-refractivity contribution >= 4 is 0 Å². The van der Waals surface area contributed by atoms with E-state index in [0.717, 1.165) is 19.1 Å². The average Bonchev–Trinajstić information content (AvgIpc) is 2.30. The first kappa shape index (κ1) is 12.6. The summed E-state index contributed by atoms with van der Waals surface area (Å²) in [6.45, 7) is 3.56. The van der Waals surface area contributed by atoms with E-state index in [0.29, 0.717) is 6.04 Å². The monoisotopic (exact) mass is 233 g/mol. The van der Waals surface area contributed by atoms with Crippen LogP contribution in [0.25, 0.3) is 0 Å². The number of rotatable bonds is 6. The third kappa shape index (κ3) is 3.08. The second-order valence-corrected chi connectivity index (χ2v) is 4.80. The third-order valence-corrected chi connectivity index (χ3v) is 3.75. The van der Waals surface area contributed by atoms with Crippen LogP contribution in [-0.2, 0) is 4.74 Å². The van der Waals surface area contributed by atoms with E-state index < -0.39 is 0 Å². The quantitative estimate of drug-likeness (QED) is 0.814. The maximum atomic E-state index is 5.49. The summed E-state index contributed by atoms with van der Waals surface area (Å²) in [6, 6.07) is 9.37. The highest BCUT2D eigenvalue weighted by Gasteiger charge is 2.19. The lowest BCUT2D eigenvalue weighted by molar-refractivity contribution is 0.125. The average molecular weight is 233 g/mol. The Morgan fingerprint density at radius 2 is 2.00 bits per heavy atom. The molecule has 1 N–H and O–H groups in total. The molecule has 1 aromatic carbocycles. The summed E-state index contributed by atoms with van der Waals surface area (Å²) < 4.78 is 5.49. The summed E-state index contributed by atoms with van der Waals surface area (Å²) in [4.78, 5) is 0. The molecular weight excluding hydrogens is 210 g/mol. The number of hydrogen-bond donors (Lipinski definition) is 1. The third-order valence-electron chi connectivity index (χ3n) is 3.75. The van der Waals surface area contributed by atoms with Crippen LogP contribution >= 0.6 is 0 Å². The Labute approximate surface area is 104 Å². The van der Waals surface area contributed by atoms with Gasteiger partial charge in [-0.1, -0.05) is 30.7 Å². The summed E-state index contributed by atoms with van der Waals surface area (Å²) in [5, 5.41) is 3.30. The van der Waals surface area contributed by atoms with Gasteiger partial charge in [0, 0.05) is 6.61 Å². The van der Waals surface area contributed by atoms with Gasteiger partial charge in [-0.2, -0.15) is 0 Å². The van der Waals surface area contributed by atoms with E-state index in [1.807, 2.05) is 14.0 Å². The van der Waals surface area contributed by atoms with Gasteiger partial charge in [0.1, 0.15) is 0 Å². The Hall–Kier alpha value is -0.860. The van der Waals surface area contributed by atoms with Gasteiger partial charge in [0.2, 0.25) is 0 Å². The van der Waals surface area contributed by atoms with Gasteiger partial charge < -0.3 is 10.1 Å². The van der Waals surface area contributed by atoms with Gasteiger partial charge in [-0.15, -0.1) is 0 Å². The van der Waals surface area contributed by atoms with Crippen LogP contribution in [0.2, 0.25) is 0 Å². The van der Waals surface area contributed by atoms with Gasteiger partial charge in [0.25, 0.3) is 0 Å². The highest BCUT2D eigenvalue weighted by atomic mass is 16.5. The van der Waals surface area contributed by atoms with Gasteiger partial charge >= 0.3 is 0 Å². The smallest absolute Gasteiger partial charge is 0.0661 e. The zero-order valence-electron chi connectivity index (χ0n) is 10.9. The molecule has 17 heavy (non-hydrogen) atoms. The molecule has 0 aromatic heterocycles. The van der Waals surface area contributed by atoms with Crippen LogP contribution in [0.1, 0.15) is 49.3 Å². The molecule has 1 fully saturated rings. The fraction of sp³-hybridized carbons (Fsp3) is 0.600. The van der Waals surface area contributed by atoms with Crippen LogP contribution in [0, 0.1) is 0 Å². The summed E-state index contributed by atoms with van der Waals surface area (Å²) in [5.74, 6) is 0.823. The Morgan fingerprint density at radius 1 is 1.29 bits per heavy atom. The summed E-state index contributed by atoms with van der Waals surface area (Å²) >= 11 is 0. The minimum absolute atomic E-state index is 0.311. The first-order chi connectivity index (χ1) is 8.35. The number of nitrogens with one attached hydrogen (secondary N) is 1. The largest absolute Gasteiger partial charge is 0.380 e. The molecule has 0 spiro atoms. The van der Waals surface area contributed by atoms with Crippen molar-refractivity contribution in [2.24, 2.45) is 0 Å². The zero-order valence-corrected chi connectivity index (χ0v) is 10.9. The first-order valence-corrected chi connectivity index (χ1v) is 6.70. The second kappa shape index (κ2) is 6.18.